The topological polar surface area (TPSA) is 119 Å². The first kappa shape index (κ1) is 12.8. The number of carbonyl (C=O) groups is 2. The number of aromatic nitrogens is 1. The van der Waals surface area contributed by atoms with E-state index in [-0.39, 0.29) is 18.5 Å². The zero-order valence-electron chi connectivity index (χ0n) is 8.90. The van der Waals surface area contributed by atoms with Gasteiger partial charge >= 0.3 is 5.97 Å². The van der Waals surface area contributed by atoms with Crippen LogP contribution in [-0.2, 0) is 4.79 Å². The third-order valence-corrected chi connectivity index (χ3v) is 1.95. The Morgan fingerprint density at radius 3 is 2.65 bits per heavy atom. The first-order valence-corrected chi connectivity index (χ1v) is 4.92. The molecule has 0 aliphatic carbocycles. The molecule has 7 heteroatoms. The van der Waals surface area contributed by atoms with Crippen LogP contribution in [0.15, 0.2) is 16.9 Å². The summed E-state index contributed by atoms with van der Waals surface area (Å²) in [6.45, 7) is 0.193. The highest BCUT2D eigenvalue weighted by atomic mass is 16.4. The fraction of sp³-hybridized carbons (Fsp3) is 0.300. The molecule has 1 rings (SSSR count). The van der Waals surface area contributed by atoms with Gasteiger partial charge in [0.25, 0.3) is 11.5 Å². The standard InChI is InChI=1S/C10H12N2O5/c13-7-4-6(5-8(14)12-7)10(17)11-3-1-2-9(15)16/h4-5H,1-3H2,(H,11,17)(H,15,16)(H2,12,13,14). The van der Waals surface area contributed by atoms with Crippen LogP contribution in [0, 0.1) is 0 Å². The van der Waals surface area contributed by atoms with Gasteiger partial charge in [0.1, 0.15) is 0 Å². The average molecular weight is 240 g/mol. The molecule has 17 heavy (non-hydrogen) atoms. The lowest BCUT2D eigenvalue weighted by atomic mass is 10.2. The zero-order chi connectivity index (χ0) is 12.8. The molecular formula is C10H12N2O5. The number of pyridine rings is 1. The van der Waals surface area contributed by atoms with Crippen LogP contribution in [0.3, 0.4) is 0 Å². The van der Waals surface area contributed by atoms with Crippen LogP contribution in [0.1, 0.15) is 23.2 Å². The summed E-state index contributed by atoms with van der Waals surface area (Å²) in [5.74, 6) is -1.86. The van der Waals surface area contributed by atoms with Crippen molar-refractivity contribution in [2.45, 2.75) is 12.8 Å². The molecule has 0 aliphatic rings. The van der Waals surface area contributed by atoms with Crippen molar-refractivity contribution in [2.75, 3.05) is 6.54 Å². The number of hydrogen-bond acceptors (Lipinski definition) is 4. The van der Waals surface area contributed by atoms with Gasteiger partial charge < -0.3 is 15.5 Å². The second kappa shape index (κ2) is 5.69. The van der Waals surface area contributed by atoms with Crippen LogP contribution in [0.2, 0.25) is 0 Å². The van der Waals surface area contributed by atoms with Gasteiger partial charge in [-0.3, -0.25) is 19.4 Å². The van der Waals surface area contributed by atoms with E-state index in [4.69, 9.17) is 10.2 Å². The Balaban J connectivity index is 2.52. The van der Waals surface area contributed by atoms with E-state index in [1.165, 1.54) is 0 Å². The molecule has 0 aliphatic heterocycles. The normalized spacial score (nSPS) is 9.88. The fourth-order valence-corrected chi connectivity index (χ4v) is 1.20. The number of amides is 1. The molecule has 1 aromatic rings. The molecule has 92 valence electrons. The molecule has 0 atom stereocenters. The van der Waals surface area contributed by atoms with E-state index < -0.39 is 23.3 Å². The monoisotopic (exact) mass is 240 g/mol. The molecule has 0 saturated heterocycles. The Hall–Kier alpha value is -2.31. The van der Waals surface area contributed by atoms with Gasteiger partial charge in [-0.05, 0) is 6.42 Å². The highest BCUT2D eigenvalue weighted by Crippen LogP contribution is 2.03. The number of nitrogens with one attached hydrogen (secondary N) is 2. The van der Waals surface area contributed by atoms with E-state index in [1.807, 2.05) is 0 Å². The smallest absolute Gasteiger partial charge is 0.303 e. The summed E-state index contributed by atoms with van der Waals surface area (Å²) in [6, 6.07) is 2.17. The maximum absolute atomic E-state index is 11.5. The summed E-state index contributed by atoms with van der Waals surface area (Å²) in [4.78, 5) is 34.7. The molecule has 0 saturated carbocycles. The van der Waals surface area contributed by atoms with Gasteiger partial charge in [0.05, 0.1) is 5.56 Å². The summed E-state index contributed by atoms with van der Waals surface area (Å²) in [7, 11) is 0. The van der Waals surface area contributed by atoms with E-state index >= 15 is 0 Å². The molecule has 1 aromatic heterocycles. The van der Waals surface area contributed by atoms with Crippen molar-refractivity contribution in [1.82, 2.24) is 10.3 Å². The third-order valence-electron chi connectivity index (χ3n) is 1.95. The largest absolute Gasteiger partial charge is 0.494 e. The quantitative estimate of drug-likeness (QED) is 0.525. The number of rotatable bonds is 5. The zero-order valence-corrected chi connectivity index (χ0v) is 8.90. The molecule has 0 spiro atoms. The molecule has 1 amide bonds. The number of carboxylic acid groups (broad SMARTS) is 1. The first-order valence-electron chi connectivity index (χ1n) is 4.92. The van der Waals surface area contributed by atoms with E-state index in [2.05, 4.69) is 10.3 Å². The number of aliphatic carboxylic acids is 1. The van der Waals surface area contributed by atoms with E-state index in [0.29, 0.717) is 6.42 Å². The summed E-state index contributed by atoms with van der Waals surface area (Å²) >= 11 is 0. The molecule has 1 heterocycles. The van der Waals surface area contributed by atoms with Crippen molar-refractivity contribution in [3.05, 3.63) is 28.0 Å². The van der Waals surface area contributed by atoms with Gasteiger partial charge in [0.15, 0.2) is 5.88 Å². The number of carbonyl (C=O) groups excluding carboxylic acids is 1. The summed E-state index contributed by atoms with van der Waals surface area (Å²) in [5, 5.41) is 19.9. The Kier molecular flexibility index (Phi) is 4.27. The van der Waals surface area contributed by atoms with Crippen LogP contribution < -0.4 is 10.9 Å². The molecule has 4 N–H and O–H groups in total. The highest BCUT2D eigenvalue weighted by molar-refractivity contribution is 5.94. The second-order valence-electron chi connectivity index (χ2n) is 3.37. The number of carboxylic acids is 1. The maximum Gasteiger partial charge on any atom is 0.303 e. The minimum absolute atomic E-state index is 0.0292. The van der Waals surface area contributed by atoms with Gasteiger partial charge in [0, 0.05) is 25.1 Å². The number of hydrogen-bond donors (Lipinski definition) is 4. The van der Waals surface area contributed by atoms with Crippen molar-refractivity contribution >= 4 is 11.9 Å². The Labute approximate surface area is 96.1 Å². The first-order chi connectivity index (χ1) is 7.99. The van der Waals surface area contributed by atoms with Crippen LogP contribution in [-0.4, -0.2) is 33.6 Å². The van der Waals surface area contributed by atoms with Gasteiger partial charge in [-0.25, -0.2) is 0 Å². The lowest BCUT2D eigenvalue weighted by Crippen LogP contribution is -2.26. The summed E-state index contributed by atoms with van der Waals surface area (Å²) < 4.78 is 0. The maximum atomic E-state index is 11.5. The van der Waals surface area contributed by atoms with Crippen LogP contribution >= 0.6 is 0 Å². The van der Waals surface area contributed by atoms with E-state index in [9.17, 15) is 14.4 Å². The minimum Gasteiger partial charge on any atom is -0.494 e. The summed E-state index contributed by atoms with van der Waals surface area (Å²) in [5.41, 5.74) is -0.553. The van der Waals surface area contributed by atoms with Gasteiger partial charge in [0.2, 0.25) is 0 Å². The second-order valence-corrected chi connectivity index (χ2v) is 3.37. The van der Waals surface area contributed by atoms with E-state index in [1.54, 1.807) is 0 Å². The SMILES string of the molecule is O=C(O)CCCNC(=O)c1cc(O)[nH]c(=O)c1. The molecule has 0 unspecified atom stereocenters. The van der Waals surface area contributed by atoms with Crippen LogP contribution in [0.4, 0.5) is 0 Å². The molecular weight excluding hydrogens is 228 g/mol. The predicted molar refractivity (Wildman–Crippen MR) is 57.9 cm³/mol. The van der Waals surface area contributed by atoms with Crippen LogP contribution in [0.5, 0.6) is 5.88 Å². The average Bonchev–Trinajstić information content (AvgIpc) is 2.22. The Bertz CT molecular complexity index is 480. The van der Waals surface area contributed by atoms with Crippen molar-refractivity contribution in [3.63, 3.8) is 0 Å². The Morgan fingerprint density at radius 2 is 2.06 bits per heavy atom. The minimum atomic E-state index is -0.937. The third kappa shape index (κ3) is 4.37. The molecule has 0 bridgehead atoms. The lowest BCUT2D eigenvalue weighted by molar-refractivity contribution is -0.137. The predicted octanol–water partition coefficient (Wildman–Crippen LogP) is -0.325. The van der Waals surface area contributed by atoms with Crippen molar-refractivity contribution in [1.29, 1.82) is 0 Å². The lowest BCUT2D eigenvalue weighted by Gasteiger charge is -2.03. The highest BCUT2D eigenvalue weighted by Gasteiger charge is 2.07. The number of H-pyrrole nitrogens is 1. The fourth-order valence-electron chi connectivity index (χ4n) is 1.20. The van der Waals surface area contributed by atoms with Crippen molar-refractivity contribution < 1.29 is 19.8 Å². The van der Waals surface area contributed by atoms with Gasteiger partial charge in [-0.15, -0.1) is 0 Å². The molecule has 7 nitrogen and oxygen atoms in total. The summed E-state index contributed by atoms with van der Waals surface area (Å²) in [6.07, 6.45) is 0.261. The van der Waals surface area contributed by atoms with Crippen LogP contribution in [0.25, 0.3) is 0 Å². The molecule has 0 fully saturated rings. The van der Waals surface area contributed by atoms with Gasteiger partial charge in [-0.2, -0.15) is 0 Å². The molecule has 0 aromatic carbocycles. The van der Waals surface area contributed by atoms with Crippen molar-refractivity contribution in [3.8, 4) is 5.88 Å². The van der Waals surface area contributed by atoms with E-state index in [0.717, 1.165) is 12.1 Å². The molecule has 0 radical (unpaired) electrons. The van der Waals surface area contributed by atoms with Crippen molar-refractivity contribution in [2.24, 2.45) is 0 Å². The number of aromatic amines is 1. The number of aromatic hydroxyl groups is 1. The Morgan fingerprint density at radius 1 is 1.35 bits per heavy atom. The van der Waals surface area contributed by atoms with Gasteiger partial charge in [-0.1, -0.05) is 0 Å².